The first-order chi connectivity index (χ1) is 18.8. The molecule has 5 rings (SSSR count). The monoisotopic (exact) mass is 531 g/mol. The zero-order valence-corrected chi connectivity index (χ0v) is 21.7. The first-order valence-corrected chi connectivity index (χ1v) is 13.6. The molecular formula is C30H33N3O6. The number of carboxylic acids is 1. The molecule has 1 spiro atoms. The number of hydrogen-bond donors (Lipinski definition) is 4. The lowest BCUT2D eigenvalue weighted by atomic mass is 9.86. The zero-order valence-electron chi connectivity index (χ0n) is 21.7. The predicted octanol–water partition coefficient (Wildman–Crippen LogP) is 4.36. The van der Waals surface area contributed by atoms with E-state index in [1.165, 1.54) is 0 Å². The first-order valence-electron chi connectivity index (χ1n) is 13.6. The Morgan fingerprint density at radius 1 is 1.10 bits per heavy atom. The molecule has 2 fully saturated rings. The lowest BCUT2D eigenvalue weighted by molar-refractivity contribution is -0.137. The third-order valence-corrected chi connectivity index (χ3v) is 8.32. The van der Waals surface area contributed by atoms with Crippen LogP contribution in [0, 0.1) is 12.5 Å². The highest BCUT2D eigenvalue weighted by molar-refractivity contribution is 5.98. The number of hydrogen-bond acceptors (Lipinski definition) is 5. The minimum atomic E-state index is -0.873. The zero-order chi connectivity index (χ0) is 27.6. The van der Waals surface area contributed by atoms with Gasteiger partial charge in [0.05, 0.1) is 19.3 Å². The van der Waals surface area contributed by atoms with E-state index in [2.05, 4.69) is 15.5 Å². The molecular weight excluding hydrogens is 498 g/mol. The number of carbonyl (C=O) groups excluding carboxylic acids is 2. The van der Waals surface area contributed by atoms with E-state index in [4.69, 9.17) is 16.4 Å². The number of ether oxygens (including phenoxy) is 1. The van der Waals surface area contributed by atoms with Crippen LogP contribution in [-0.2, 0) is 21.4 Å². The highest BCUT2D eigenvalue weighted by Crippen LogP contribution is 2.61. The van der Waals surface area contributed by atoms with Gasteiger partial charge in [-0.05, 0) is 81.2 Å². The summed E-state index contributed by atoms with van der Waals surface area (Å²) in [4.78, 5) is 40.9. The van der Waals surface area contributed by atoms with Gasteiger partial charge in [-0.2, -0.15) is 0 Å². The van der Waals surface area contributed by atoms with Gasteiger partial charge in [0.25, 0.3) is 5.91 Å². The molecule has 0 saturated heterocycles. The molecule has 39 heavy (non-hydrogen) atoms. The van der Waals surface area contributed by atoms with E-state index in [0.717, 1.165) is 24.0 Å². The summed E-state index contributed by atoms with van der Waals surface area (Å²) in [5, 5.41) is 24.8. The maximum Gasteiger partial charge on any atom is 0.303 e. The van der Waals surface area contributed by atoms with E-state index in [0.29, 0.717) is 67.8 Å². The van der Waals surface area contributed by atoms with Crippen LogP contribution in [0.4, 0.5) is 11.4 Å². The number of nitrogens with one attached hydrogen (secondary N) is 2. The molecule has 1 aliphatic heterocycles. The standard InChI is InChI=1S/C30H33N3O6/c1-31-21-7-5-18(3-2-4-27(35)36)25(16-21)33-29(38)24-17-30(24)13-14-39-26-12-6-19(15-23(26)30)28(37)32-20-8-10-22(34)11-9-20/h5-7,12,15-16,20,22,24,34H,2-4,8-11,13-14,17H2,(H,32,37)(H,33,38)(H,35,36)/t20?,22?,24-,30-/m0/s1. The second kappa shape index (κ2) is 11.1. The number of carbonyl (C=O) groups is 3. The second-order valence-corrected chi connectivity index (χ2v) is 10.9. The van der Waals surface area contributed by atoms with Crippen molar-refractivity contribution in [3.63, 3.8) is 0 Å². The molecule has 2 aromatic carbocycles. The fourth-order valence-electron chi connectivity index (χ4n) is 5.99. The summed E-state index contributed by atoms with van der Waals surface area (Å²) in [6, 6.07) is 10.5. The van der Waals surface area contributed by atoms with Crippen LogP contribution in [-0.4, -0.2) is 46.7 Å². The molecule has 2 saturated carbocycles. The Hall–Kier alpha value is -3.90. The molecule has 4 N–H and O–H groups in total. The van der Waals surface area contributed by atoms with Gasteiger partial charge < -0.3 is 25.6 Å². The summed E-state index contributed by atoms with van der Waals surface area (Å²) in [6.07, 6.45) is 4.81. The maximum absolute atomic E-state index is 13.5. The number of carboxylic acid groups (broad SMARTS) is 1. The molecule has 2 aliphatic carbocycles. The highest BCUT2D eigenvalue weighted by atomic mass is 16.5. The van der Waals surface area contributed by atoms with Gasteiger partial charge in [0.15, 0.2) is 5.69 Å². The van der Waals surface area contributed by atoms with E-state index < -0.39 is 11.4 Å². The summed E-state index contributed by atoms with van der Waals surface area (Å²) >= 11 is 0. The maximum atomic E-state index is 13.5. The molecule has 2 aromatic rings. The van der Waals surface area contributed by atoms with Crippen molar-refractivity contribution in [2.75, 3.05) is 11.9 Å². The Morgan fingerprint density at radius 3 is 2.64 bits per heavy atom. The molecule has 2 atom stereocenters. The topological polar surface area (TPSA) is 129 Å². The number of fused-ring (bicyclic) bond motifs is 2. The fourth-order valence-corrected chi connectivity index (χ4v) is 5.99. The smallest absolute Gasteiger partial charge is 0.303 e. The van der Waals surface area contributed by atoms with Crippen molar-refractivity contribution >= 4 is 29.2 Å². The molecule has 0 bridgehead atoms. The molecule has 0 radical (unpaired) electrons. The van der Waals surface area contributed by atoms with E-state index >= 15 is 0 Å². The van der Waals surface area contributed by atoms with Crippen LogP contribution in [0.25, 0.3) is 4.85 Å². The molecule has 9 nitrogen and oxygen atoms in total. The number of aryl methyl sites for hydroxylation is 1. The van der Waals surface area contributed by atoms with Crippen LogP contribution >= 0.6 is 0 Å². The average molecular weight is 532 g/mol. The van der Waals surface area contributed by atoms with E-state index in [1.54, 1.807) is 24.3 Å². The van der Waals surface area contributed by atoms with E-state index in [1.807, 2.05) is 12.1 Å². The van der Waals surface area contributed by atoms with Crippen molar-refractivity contribution in [2.24, 2.45) is 5.92 Å². The van der Waals surface area contributed by atoms with E-state index in [9.17, 15) is 19.5 Å². The Kier molecular flexibility index (Phi) is 7.58. The van der Waals surface area contributed by atoms with Gasteiger partial charge in [0.1, 0.15) is 5.75 Å². The summed E-state index contributed by atoms with van der Waals surface area (Å²) in [6.45, 7) is 7.83. The van der Waals surface area contributed by atoms with Crippen molar-refractivity contribution in [1.29, 1.82) is 0 Å². The first kappa shape index (κ1) is 26.7. The average Bonchev–Trinajstić information content (AvgIpc) is 3.65. The van der Waals surface area contributed by atoms with Crippen molar-refractivity contribution in [1.82, 2.24) is 5.32 Å². The number of aliphatic hydroxyl groups is 1. The van der Waals surface area contributed by atoms with Gasteiger partial charge in [-0.15, -0.1) is 0 Å². The molecule has 3 aliphatic rings. The molecule has 9 heteroatoms. The largest absolute Gasteiger partial charge is 0.493 e. The lowest BCUT2D eigenvalue weighted by Crippen LogP contribution is -2.38. The normalized spacial score (nSPS) is 25.1. The molecule has 0 aromatic heterocycles. The van der Waals surface area contributed by atoms with Crippen LogP contribution in [0.2, 0.25) is 0 Å². The Bertz CT molecular complexity index is 1330. The van der Waals surface area contributed by atoms with Crippen LogP contribution in [0.5, 0.6) is 5.75 Å². The predicted molar refractivity (Wildman–Crippen MR) is 144 cm³/mol. The van der Waals surface area contributed by atoms with Crippen molar-refractivity contribution in [3.05, 3.63) is 64.5 Å². The summed E-state index contributed by atoms with van der Waals surface area (Å²) in [5.74, 6) is -0.800. The number of nitrogens with zero attached hydrogens (tertiary/aromatic N) is 1. The number of anilines is 1. The minimum absolute atomic E-state index is 0.0269. The number of rotatable bonds is 8. The van der Waals surface area contributed by atoms with Gasteiger partial charge in [0.2, 0.25) is 5.91 Å². The Morgan fingerprint density at radius 2 is 1.90 bits per heavy atom. The molecule has 0 unspecified atom stereocenters. The minimum Gasteiger partial charge on any atom is -0.493 e. The lowest BCUT2D eigenvalue weighted by Gasteiger charge is -2.28. The Balaban J connectivity index is 1.31. The molecule has 2 amide bonds. The summed E-state index contributed by atoms with van der Waals surface area (Å²) < 4.78 is 5.88. The van der Waals surface area contributed by atoms with Crippen LogP contribution in [0.15, 0.2) is 36.4 Å². The highest BCUT2D eigenvalue weighted by Gasteiger charge is 2.61. The van der Waals surface area contributed by atoms with E-state index in [-0.39, 0.29) is 36.3 Å². The summed E-state index contributed by atoms with van der Waals surface area (Å²) in [7, 11) is 0. The van der Waals surface area contributed by atoms with Gasteiger partial charge in [-0.25, -0.2) is 4.85 Å². The number of amides is 2. The van der Waals surface area contributed by atoms with Crippen molar-refractivity contribution < 1.29 is 29.3 Å². The SMILES string of the molecule is [C-]#[N+]c1ccc(CCCC(=O)O)c(NC(=O)[C@@H]2C[C@]23CCOc2ccc(C(=O)NC4CCC(O)CC4)cc23)c1. The second-order valence-electron chi connectivity index (χ2n) is 10.9. The van der Waals surface area contributed by atoms with Gasteiger partial charge >= 0.3 is 5.97 Å². The third kappa shape index (κ3) is 5.76. The Labute approximate surface area is 227 Å². The number of aliphatic carboxylic acids is 1. The van der Waals surface area contributed by atoms with Gasteiger partial charge in [0, 0.05) is 40.6 Å². The van der Waals surface area contributed by atoms with Crippen molar-refractivity contribution in [3.8, 4) is 5.75 Å². The molecule has 1 heterocycles. The number of benzene rings is 2. The fraction of sp³-hybridized carbons (Fsp3) is 0.467. The van der Waals surface area contributed by atoms with Crippen molar-refractivity contribution in [2.45, 2.75) is 75.3 Å². The van der Waals surface area contributed by atoms with Crippen LogP contribution in [0.1, 0.15) is 72.9 Å². The third-order valence-electron chi connectivity index (χ3n) is 8.32. The quantitative estimate of drug-likeness (QED) is 0.375. The van der Waals surface area contributed by atoms with Crippen LogP contribution < -0.4 is 15.4 Å². The number of aliphatic hydroxyl groups excluding tert-OH is 1. The summed E-state index contributed by atoms with van der Waals surface area (Å²) in [5.41, 5.74) is 2.73. The van der Waals surface area contributed by atoms with Gasteiger partial charge in [-0.1, -0.05) is 12.1 Å². The molecule has 204 valence electrons. The van der Waals surface area contributed by atoms with Gasteiger partial charge in [-0.3, -0.25) is 14.4 Å². The van der Waals surface area contributed by atoms with Crippen LogP contribution in [0.3, 0.4) is 0 Å².